The van der Waals surface area contributed by atoms with E-state index in [0.717, 1.165) is 22.8 Å². The summed E-state index contributed by atoms with van der Waals surface area (Å²) >= 11 is 0. The van der Waals surface area contributed by atoms with Gasteiger partial charge in [-0.1, -0.05) is 20.6 Å². The van der Waals surface area contributed by atoms with Crippen LogP contribution < -0.4 is 0 Å². The van der Waals surface area contributed by atoms with Crippen LogP contribution >= 0.6 is 0 Å². The van der Waals surface area contributed by atoms with Gasteiger partial charge in [0, 0.05) is 14.1 Å². The number of hydrogen-bond donors (Lipinski definition) is 0. The molecule has 4 nitrogen and oxygen atoms in total. The summed E-state index contributed by atoms with van der Waals surface area (Å²) in [6.45, 7) is 20.2. The van der Waals surface area contributed by atoms with Crippen molar-refractivity contribution in [2.24, 2.45) is 10.2 Å². The molecule has 2 aliphatic heterocycles. The molecule has 2 heterocycles. The fraction of sp³-hybridized carbons (Fsp3) is 0.474. The molecule has 0 saturated carbocycles. The van der Waals surface area contributed by atoms with E-state index in [9.17, 15) is 0 Å². The molecule has 0 aromatic heterocycles. The molecular formula is C19H32N4. The smallest absolute Gasteiger partial charge is 0.0611 e. The maximum Gasteiger partial charge on any atom is 0.0611 e. The van der Waals surface area contributed by atoms with Crippen molar-refractivity contribution in [2.75, 3.05) is 14.1 Å². The number of allylic oxidation sites excluding steroid dienone is 4. The van der Waals surface area contributed by atoms with Gasteiger partial charge in [-0.3, -0.25) is 10.0 Å². The molecular weight excluding hydrogens is 284 g/mol. The molecule has 4 heteroatoms. The third-order valence-electron chi connectivity index (χ3n) is 4.46. The predicted octanol–water partition coefficient (Wildman–Crippen LogP) is 4.95. The number of nitrogens with zero attached hydrogens (tertiary/aromatic N) is 4. The fourth-order valence-corrected chi connectivity index (χ4v) is 2.18. The first kappa shape index (κ1) is 20.9. The van der Waals surface area contributed by atoms with Crippen LogP contribution in [0.2, 0.25) is 0 Å². The van der Waals surface area contributed by atoms with Gasteiger partial charge in [-0.15, -0.1) is 0 Å². The molecule has 0 aromatic carbocycles. The molecule has 0 unspecified atom stereocenters. The summed E-state index contributed by atoms with van der Waals surface area (Å²) in [5.41, 5.74) is 9.11. The number of likely N-dealkylation sites (N-methyl/N-ethyl adjacent to an activating group) is 2. The zero-order chi connectivity index (χ0) is 17.2. The average Bonchev–Trinajstić information content (AvgIpc) is 2.47. The van der Waals surface area contributed by atoms with Crippen molar-refractivity contribution in [1.29, 1.82) is 0 Å². The predicted molar refractivity (Wildman–Crippen MR) is 104 cm³/mol. The van der Waals surface area contributed by atoms with Gasteiger partial charge in [-0.2, -0.15) is 10.2 Å². The highest BCUT2D eigenvalue weighted by molar-refractivity contribution is 6.00. The Kier molecular flexibility index (Phi) is 7.23. The Balaban J connectivity index is 0.000000403. The Hall–Kier alpha value is -2.10. The van der Waals surface area contributed by atoms with Crippen LogP contribution in [0.15, 0.2) is 57.0 Å². The van der Waals surface area contributed by atoms with Crippen LogP contribution in [0.3, 0.4) is 0 Å². The summed E-state index contributed by atoms with van der Waals surface area (Å²) in [6, 6.07) is 0. The molecule has 0 spiro atoms. The lowest BCUT2D eigenvalue weighted by molar-refractivity contribution is 0.450. The lowest BCUT2D eigenvalue weighted by Gasteiger charge is -2.24. The minimum absolute atomic E-state index is 0. The van der Waals surface area contributed by atoms with Gasteiger partial charge in [0.05, 0.1) is 22.8 Å². The van der Waals surface area contributed by atoms with Gasteiger partial charge in [0.15, 0.2) is 0 Å². The highest BCUT2D eigenvalue weighted by atomic mass is 15.5. The van der Waals surface area contributed by atoms with E-state index in [0.29, 0.717) is 0 Å². The van der Waals surface area contributed by atoms with Crippen LogP contribution in [0, 0.1) is 0 Å². The molecule has 0 radical (unpaired) electrons. The highest BCUT2D eigenvalue weighted by Crippen LogP contribution is 2.22. The van der Waals surface area contributed by atoms with Gasteiger partial charge >= 0.3 is 0 Å². The Labute approximate surface area is 142 Å². The molecule has 0 N–H and O–H groups in total. The van der Waals surface area contributed by atoms with Gasteiger partial charge in [-0.25, -0.2) is 0 Å². The minimum atomic E-state index is 0. The zero-order valence-electron chi connectivity index (χ0n) is 15.2. The average molecular weight is 316 g/mol. The van der Waals surface area contributed by atoms with E-state index < -0.39 is 0 Å². The van der Waals surface area contributed by atoms with E-state index in [1.165, 1.54) is 22.3 Å². The van der Waals surface area contributed by atoms with Crippen LogP contribution in [-0.4, -0.2) is 35.5 Å². The first-order valence-electron chi connectivity index (χ1n) is 7.40. The second-order valence-electron chi connectivity index (χ2n) is 5.81. The number of hydrazone groups is 2. The minimum Gasteiger partial charge on any atom is -0.269 e. The van der Waals surface area contributed by atoms with E-state index >= 15 is 0 Å². The fourth-order valence-electron chi connectivity index (χ4n) is 2.18. The summed E-state index contributed by atoms with van der Waals surface area (Å²) in [5.74, 6) is 0. The van der Waals surface area contributed by atoms with Crippen molar-refractivity contribution < 1.29 is 0 Å². The first-order chi connectivity index (χ1) is 10.1. The van der Waals surface area contributed by atoms with Crippen LogP contribution in [0.4, 0.5) is 0 Å². The SMILES string of the molecule is C.C=C1C(C)=C(C)C(C)=NN1C.C=C1C(C)=C(C)C(C)=NN1C. The lowest BCUT2D eigenvalue weighted by Crippen LogP contribution is -2.19. The lowest BCUT2D eigenvalue weighted by atomic mass is 10.0. The van der Waals surface area contributed by atoms with E-state index in [2.05, 4.69) is 51.1 Å². The zero-order valence-corrected chi connectivity index (χ0v) is 15.2. The number of rotatable bonds is 0. The topological polar surface area (TPSA) is 31.2 Å². The molecule has 0 amide bonds. The number of hydrogen-bond acceptors (Lipinski definition) is 4. The molecule has 128 valence electrons. The molecule has 2 rings (SSSR count). The molecule has 0 aliphatic carbocycles. The Morgan fingerprint density at radius 1 is 0.609 bits per heavy atom. The second-order valence-corrected chi connectivity index (χ2v) is 5.81. The monoisotopic (exact) mass is 316 g/mol. The van der Waals surface area contributed by atoms with Gasteiger partial charge in [0.1, 0.15) is 0 Å². The van der Waals surface area contributed by atoms with E-state index in [-0.39, 0.29) is 7.43 Å². The third-order valence-corrected chi connectivity index (χ3v) is 4.46. The molecule has 0 aromatic rings. The Bertz CT molecular complexity index is 574. The van der Waals surface area contributed by atoms with Crippen molar-refractivity contribution in [3.8, 4) is 0 Å². The summed E-state index contributed by atoms with van der Waals surface area (Å²) in [7, 11) is 3.84. The summed E-state index contributed by atoms with van der Waals surface area (Å²) in [6.07, 6.45) is 0. The van der Waals surface area contributed by atoms with E-state index in [1.807, 2.05) is 38.0 Å². The van der Waals surface area contributed by atoms with Crippen LogP contribution in [0.5, 0.6) is 0 Å². The van der Waals surface area contributed by atoms with Crippen molar-refractivity contribution >= 4 is 11.4 Å². The summed E-state index contributed by atoms with van der Waals surface area (Å²) in [5, 5.41) is 12.2. The van der Waals surface area contributed by atoms with E-state index in [4.69, 9.17) is 0 Å². The van der Waals surface area contributed by atoms with Gasteiger partial charge in [0.25, 0.3) is 0 Å². The van der Waals surface area contributed by atoms with Crippen molar-refractivity contribution in [3.63, 3.8) is 0 Å². The normalized spacial score (nSPS) is 18.3. The standard InChI is InChI=1S/2C9H14N2.CH4/c2*1-6-7(2)9(4)11(5)10-8(6)3;/h2*4H2,1-3,5H3;1H4. The van der Waals surface area contributed by atoms with Gasteiger partial charge in [-0.05, 0) is 63.8 Å². The molecule has 2 aliphatic rings. The second kappa shape index (κ2) is 7.95. The molecule has 0 fully saturated rings. The largest absolute Gasteiger partial charge is 0.269 e. The maximum atomic E-state index is 4.29. The summed E-state index contributed by atoms with van der Waals surface area (Å²) < 4.78 is 0. The van der Waals surface area contributed by atoms with Crippen LogP contribution in [0.25, 0.3) is 0 Å². The summed E-state index contributed by atoms with van der Waals surface area (Å²) in [4.78, 5) is 0. The maximum absolute atomic E-state index is 4.29. The highest BCUT2D eigenvalue weighted by Gasteiger charge is 2.14. The van der Waals surface area contributed by atoms with Crippen LogP contribution in [-0.2, 0) is 0 Å². The quantitative estimate of drug-likeness (QED) is 0.633. The van der Waals surface area contributed by atoms with Gasteiger partial charge in [0.2, 0.25) is 0 Å². The van der Waals surface area contributed by atoms with Crippen LogP contribution in [0.1, 0.15) is 49.0 Å². The van der Waals surface area contributed by atoms with Crippen molar-refractivity contribution in [3.05, 3.63) is 46.8 Å². The van der Waals surface area contributed by atoms with Crippen molar-refractivity contribution in [1.82, 2.24) is 10.0 Å². The molecule has 23 heavy (non-hydrogen) atoms. The third kappa shape index (κ3) is 4.44. The Morgan fingerprint density at radius 2 is 0.870 bits per heavy atom. The first-order valence-corrected chi connectivity index (χ1v) is 7.40. The van der Waals surface area contributed by atoms with E-state index in [1.54, 1.807) is 0 Å². The molecule has 0 bridgehead atoms. The van der Waals surface area contributed by atoms with Gasteiger partial charge < -0.3 is 0 Å². The Morgan fingerprint density at radius 3 is 1.13 bits per heavy atom. The molecule has 0 atom stereocenters. The van der Waals surface area contributed by atoms with Crippen molar-refractivity contribution in [2.45, 2.75) is 49.0 Å². The molecule has 0 saturated heterocycles.